The molecule has 1 heterocycles. The molecule has 1 N–H and O–H groups in total. The van der Waals surface area contributed by atoms with Crippen LogP contribution in [-0.4, -0.2) is 46.5 Å². The van der Waals surface area contributed by atoms with E-state index >= 15 is 0 Å². The molecule has 1 aliphatic heterocycles. The maximum absolute atomic E-state index is 8.95. The van der Waals surface area contributed by atoms with Crippen LogP contribution in [0.4, 0.5) is 0 Å². The zero-order chi connectivity index (χ0) is 18.5. The molecule has 1 aliphatic rings. The molecule has 0 bridgehead atoms. The van der Waals surface area contributed by atoms with Crippen molar-refractivity contribution in [1.29, 1.82) is 0 Å². The highest BCUT2D eigenvalue weighted by Gasteiger charge is 2.05. The summed E-state index contributed by atoms with van der Waals surface area (Å²) in [4.78, 5) is 8.95. The number of hydrogen-bond acceptors (Lipinski definition) is 5. The van der Waals surface area contributed by atoms with E-state index in [4.69, 9.17) is 14.3 Å². The minimum Gasteiger partial charge on any atom is -0.471 e. The topological polar surface area (TPSA) is 56.8 Å². The first kappa shape index (κ1) is 24.8. The van der Waals surface area contributed by atoms with E-state index < -0.39 is 0 Å². The maximum Gasteiger partial charge on any atom is 0.292 e. The van der Waals surface area contributed by atoms with Crippen LogP contribution in [0.15, 0.2) is 30.3 Å². The van der Waals surface area contributed by atoms with Crippen molar-refractivity contribution in [2.24, 2.45) is 0 Å². The number of methoxy groups -OCH3 is 2. The predicted octanol–water partition coefficient (Wildman–Crippen LogP) is 3.42. The van der Waals surface area contributed by atoms with E-state index in [9.17, 15) is 0 Å². The van der Waals surface area contributed by atoms with Crippen LogP contribution in [0.25, 0.3) is 0 Å². The van der Waals surface area contributed by atoms with Crippen LogP contribution < -0.4 is 5.32 Å². The Kier molecular flexibility index (Phi) is 22.3. The Morgan fingerprint density at radius 3 is 2.17 bits per heavy atom. The number of hydrogen-bond donors (Lipinski definition) is 1. The molecule has 0 aliphatic carbocycles. The molecule has 1 aromatic carbocycles. The van der Waals surface area contributed by atoms with Gasteiger partial charge >= 0.3 is 0 Å². The Morgan fingerprint density at radius 1 is 1.17 bits per heavy atom. The van der Waals surface area contributed by atoms with Crippen molar-refractivity contribution >= 4 is 6.47 Å². The lowest BCUT2D eigenvalue weighted by Crippen LogP contribution is -2.16. The monoisotopic (exact) mass is 341 g/mol. The van der Waals surface area contributed by atoms with Crippen molar-refractivity contribution in [1.82, 2.24) is 5.32 Å². The van der Waals surface area contributed by atoms with E-state index in [0.717, 1.165) is 6.04 Å². The van der Waals surface area contributed by atoms with Crippen LogP contribution in [-0.2, 0) is 25.6 Å². The third-order valence-electron chi connectivity index (χ3n) is 2.95. The summed E-state index contributed by atoms with van der Waals surface area (Å²) in [5, 5.41) is 3.32. The second-order valence-electron chi connectivity index (χ2n) is 4.86. The second-order valence-corrected chi connectivity index (χ2v) is 4.86. The first-order chi connectivity index (χ1) is 11.7. The lowest BCUT2D eigenvalue weighted by molar-refractivity contribution is -0.126. The highest BCUT2D eigenvalue weighted by atomic mass is 16.5. The first-order valence-electron chi connectivity index (χ1n) is 8.55. The molecule has 1 saturated heterocycles. The van der Waals surface area contributed by atoms with Gasteiger partial charge in [0.05, 0.1) is 26.9 Å². The normalized spacial score (nSPS) is 14.8. The zero-order valence-electron chi connectivity index (χ0n) is 15.9. The van der Waals surface area contributed by atoms with Gasteiger partial charge in [0.2, 0.25) is 0 Å². The van der Waals surface area contributed by atoms with Gasteiger partial charge in [0, 0.05) is 13.2 Å². The molecule has 0 saturated carbocycles. The average Bonchev–Trinajstić information content (AvgIpc) is 3.13. The van der Waals surface area contributed by atoms with Crippen molar-refractivity contribution in [2.75, 3.05) is 34.0 Å². The van der Waals surface area contributed by atoms with Crippen molar-refractivity contribution in [3.8, 4) is 0 Å². The summed E-state index contributed by atoms with van der Waals surface area (Å²) in [6.07, 6.45) is 2.75. The quantitative estimate of drug-likeness (QED) is 0.635. The van der Waals surface area contributed by atoms with E-state index in [1.807, 2.05) is 44.2 Å². The molecule has 1 unspecified atom stereocenters. The average molecular weight is 341 g/mol. The van der Waals surface area contributed by atoms with Crippen LogP contribution >= 0.6 is 0 Å². The number of rotatable bonds is 6. The third-order valence-corrected chi connectivity index (χ3v) is 2.95. The Labute approximate surface area is 147 Å². The van der Waals surface area contributed by atoms with E-state index in [-0.39, 0.29) is 0 Å². The van der Waals surface area contributed by atoms with Crippen LogP contribution in [0.2, 0.25) is 0 Å². The van der Waals surface area contributed by atoms with Gasteiger partial charge in [-0.05, 0) is 31.9 Å². The van der Waals surface area contributed by atoms with Crippen LogP contribution in [0.5, 0.6) is 0 Å². The Morgan fingerprint density at radius 2 is 1.79 bits per heavy atom. The maximum atomic E-state index is 8.95. The van der Waals surface area contributed by atoms with E-state index in [1.165, 1.54) is 32.1 Å². The molecule has 140 valence electrons. The summed E-state index contributed by atoms with van der Waals surface area (Å²) in [5.41, 5.74) is 1.20. The van der Waals surface area contributed by atoms with Gasteiger partial charge in [-0.2, -0.15) is 0 Å². The number of benzene rings is 1. The summed E-state index contributed by atoms with van der Waals surface area (Å²) < 4.78 is 14.1. The van der Waals surface area contributed by atoms with Crippen LogP contribution in [0.3, 0.4) is 0 Å². The van der Waals surface area contributed by atoms with Crippen LogP contribution in [0.1, 0.15) is 39.2 Å². The van der Waals surface area contributed by atoms with Gasteiger partial charge in [-0.3, -0.25) is 4.79 Å². The summed E-state index contributed by atoms with van der Waals surface area (Å²) >= 11 is 0. The lowest BCUT2D eigenvalue weighted by Gasteiger charge is -2.02. The lowest BCUT2D eigenvalue weighted by atomic mass is 10.2. The molecule has 0 radical (unpaired) electrons. The Bertz CT molecular complexity index is 340. The predicted molar refractivity (Wildman–Crippen MR) is 99.1 cm³/mol. The van der Waals surface area contributed by atoms with E-state index in [2.05, 4.69) is 17.0 Å². The fourth-order valence-corrected chi connectivity index (χ4v) is 1.77. The number of carbonyl (C=O) groups is 1. The van der Waals surface area contributed by atoms with Gasteiger partial charge in [0.25, 0.3) is 6.47 Å². The summed E-state index contributed by atoms with van der Waals surface area (Å²) in [6.45, 7) is 9.83. The minimum atomic E-state index is 0.375. The van der Waals surface area contributed by atoms with Crippen molar-refractivity contribution in [3.63, 3.8) is 0 Å². The molecule has 5 heteroatoms. The van der Waals surface area contributed by atoms with E-state index in [1.54, 1.807) is 7.11 Å². The van der Waals surface area contributed by atoms with Crippen LogP contribution in [0, 0.1) is 0 Å². The Hall–Kier alpha value is -1.43. The minimum absolute atomic E-state index is 0.375. The molecule has 1 atom stereocenters. The van der Waals surface area contributed by atoms with Crippen molar-refractivity contribution in [3.05, 3.63) is 35.9 Å². The van der Waals surface area contributed by atoms with Gasteiger partial charge in [-0.15, -0.1) is 0 Å². The molecule has 0 aromatic heterocycles. The second kappa shape index (κ2) is 21.6. The summed E-state index contributed by atoms with van der Waals surface area (Å²) in [5.74, 6) is 0. The molecular weight excluding hydrogens is 306 g/mol. The van der Waals surface area contributed by atoms with Crippen molar-refractivity contribution in [2.45, 2.75) is 46.3 Å². The first-order valence-corrected chi connectivity index (χ1v) is 8.55. The Balaban J connectivity index is 0. The molecule has 0 amide bonds. The SMILES string of the molecule is CC.CC1CCCN1.COC=O.COCCOCc1ccccc1. The molecular formula is C19H35NO4. The van der Waals surface area contributed by atoms with E-state index in [0.29, 0.717) is 26.3 Å². The third kappa shape index (κ3) is 18.6. The molecule has 1 aromatic rings. The summed E-state index contributed by atoms with van der Waals surface area (Å²) in [6, 6.07) is 10.9. The standard InChI is InChI=1S/C10H14O2.C5H11N.C2H4O2.C2H6/c1-11-7-8-12-9-10-5-3-2-4-6-10;1-5-3-2-4-6-5;1-4-2-3;1-2/h2-6H,7-9H2,1H3;5-6H,2-4H2,1H3;2H,1H3;1-2H3. The van der Waals surface area contributed by atoms with Gasteiger partial charge in [-0.25, -0.2) is 0 Å². The zero-order valence-corrected chi connectivity index (χ0v) is 15.9. The number of carbonyl (C=O) groups excluding carboxylic acids is 1. The fraction of sp³-hybridized carbons (Fsp3) is 0.632. The fourth-order valence-electron chi connectivity index (χ4n) is 1.77. The number of ether oxygens (including phenoxy) is 3. The van der Waals surface area contributed by atoms with Gasteiger partial charge < -0.3 is 19.5 Å². The molecule has 1 fully saturated rings. The van der Waals surface area contributed by atoms with Gasteiger partial charge in [0.1, 0.15) is 0 Å². The van der Waals surface area contributed by atoms with Gasteiger partial charge in [0.15, 0.2) is 0 Å². The molecule has 0 spiro atoms. The van der Waals surface area contributed by atoms with Gasteiger partial charge in [-0.1, -0.05) is 44.2 Å². The van der Waals surface area contributed by atoms with Crippen molar-refractivity contribution < 1.29 is 19.0 Å². The smallest absolute Gasteiger partial charge is 0.292 e. The number of nitrogens with one attached hydrogen (secondary N) is 1. The molecule has 5 nitrogen and oxygen atoms in total. The molecule has 2 rings (SSSR count). The molecule has 24 heavy (non-hydrogen) atoms. The highest BCUT2D eigenvalue weighted by Crippen LogP contribution is 2.01. The largest absolute Gasteiger partial charge is 0.471 e. The summed E-state index contributed by atoms with van der Waals surface area (Å²) in [7, 11) is 2.98. The highest BCUT2D eigenvalue weighted by molar-refractivity contribution is 5.36.